The number of carbonyl (C=O) groups excluding carboxylic acids is 1. The zero-order chi connectivity index (χ0) is 19.0. The molecular weight excluding hydrogens is 328 g/mol. The van der Waals surface area contributed by atoms with Gasteiger partial charge in [0.15, 0.2) is 0 Å². The predicted molar refractivity (Wildman–Crippen MR) is 93.2 cm³/mol. The van der Waals surface area contributed by atoms with E-state index in [0.29, 0.717) is 0 Å². The number of carbonyl (C=O) groups is 2. The molecular formula is C17H24N2O6. The van der Waals surface area contributed by atoms with Crippen molar-refractivity contribution < 1.29 is 24.4 Å². The Hall–Kier alpha value is -2.64. The number of unbranched alkanes of at least 4 members (excludes halogenated alkanes) is 3. The molecule has 0 radical (unpaired) electrons. The van der Waals surface area contributed by atoms with E-state index in [1.54, 1.807) is 0 Å². The Morgan fingerprint density at radius 1 is 1.32 bits per heavy atom. The van der Waals surface area contributed by atoms with Gasteiger partial charge < -0.3 is 15.2 Å². The number of hydrogen-bond donors (Lipinski definition) is 2. The van der Waals surface area contributed by atoms with Crippen molar-refractivity contribution in [3.63, 3.8) is 0 Å². The molecule has 0 saturated carbocycles. The molecule has 25 heavy (non-hydrogen) atoms. The van der Waals surface area contributed by atoms with Crippen molar-refractivity contribution in [3.8, 4) is 5.75 Å². The van der Waals surface area contributed by atoms with E-state index in [9.17, 15) is 19.7 Å². The number of carboxylic acids is 1. The van der Waals surface area contributed by atoms with E-state index < -0.39 is 28.1 Å². The summed E-state index contributed by atoms with van der Waals surface area (Å²) in [5.41, 5.74) is -0.970. The van der Waals surface area contributed by atoms with E-state index in [4.69, 9.17) is 9.84 Å². The number of nitrogens with zero attached hydrogens (tertiary/aromatic N) is 1. The van der Waals surface area contributed by atoms with E-state index >= 15 is 0 Å². The molecule has 1 aromatic rings. The van der Waals surface area contributed by atoms with E-state index in [2.05, 4.69) is 12.2 Å². The Morgan fingerprint density at radius 3 is 2.52 bits per heavy atom. The zero-order valence-electron chi connectivity index (χ0n) is 14.7. The van der Waals surface area contributed by atoms with Crippen LogP contribution in [-0.2, 0) is 4.79 Å². The van der Waals surface area contributed by atoms with E-state index in [-0.39, 0.29) is 17.5 Å². The highest BCUT2D eigenvalue weighted by atomic mass is 16.6. The molecule has 8 heteroatoms. The smallest absolute Gasteiger partial charge is 0.342 e. The maximum atomic E-state index is 11.3. The molecule has 0 unspecified atom stereocenters. The summed E-state index contributed by atoms with van der Waals surface area (Å²) in [6.45, 7) is 5.21. The van der Waals surface area contributed by atoms with Gasteiger partial charge in [-0.3, -0.25) is 14.9 Å². The topological polar surface area (TPSA) is 119 Å². The second-order valence-electron chi connectivity index (χ2n) is 5.89. The quantitative estimate of drug-likeness (QED) is 0.373. The van der Waals surface area contributed by atoms with Gasteiger partial charge in [0.25, 0.3) is 5.69 Å². The van der Waals surface area contributed by atoms with E-state index in [1.807, 2.05) is 6.92 Å². The number of nitro groups is 1. The molecule has 1 aromatic carbocycles. The Bertz CT molecular complexity index is 644. The Kier molecular flexibility index (Phi) is 7.84. The van der Waals surface area contributed by atoms with Crippen LogP contribution in [-0.4, -0.2) is 28.0 Å². The van der Waals surface area contributed by atoms with Crippen molar-refractivity contribution in [1.29, 1.82) is 0 Å². The highest BCUT2D eigenvalue weighted by Gasteiger charge is 2.25. The number of ether oxygens (including phenoxy) is 1. The lowest BCUT2D eigenvalue weighted by Crippen LogP contribution is -2.16. The normalized spacial score (nSPS) is 11.6. The van der Waals surface area contributed by atoms with Crippen LogP contribution in [0.1, 0.15) is 63.2 Å². The van der Waals surface area contributed by atoms with Gasteiger partial charge in [-0.15, -0.1) is 0 Å². The number of nitro benzene ring substituents is 1. The molecule has 0 bridgehead atoms. The third-order valence-corrected chi connectivity index (χ3v) is 3.63. The van der Waals surface area contributed by atoms with Gasteiger partial charge in [-0.05, 0) is 25.8 Å². The van der Waals surface area contributed by atoms with Crippen LogP contribution in [0, 0.1) is 10.1 Å². The van der Waals surface area contributed by atoms with Crippen LogP contribution >= 0.6 is 0 Å². The van der Waals surface area contributed by atoms with Crippen molar-refractivity contribution in [2.75, 3.05) is 5.32 Å². The molecule has 1 atom stereocenters. The lowest BCUT2D eigenvalue weighted by Gasteiger charge is -2.18. The fourth-order valence-electron chi connectivity index (χ4n) is 2.41. The van der Waals surface area contributed by atoms with Gasteiger partial charge in [-0.25, -0.2) is 4.79 Å². The first-order chi connectivity index (χ1) is 11.8. The minimum Gasteiger partial charge on any atom is -0.488 e. The number of hydrogen-bond acceptors (Lipinski definition) is 5. The van der Waals surface area contributed by atoms with Gasteiger partial charge in [-0.2, -0.15) is 0 Å². The average molecular weight is 352 g/mol. The van der Waals surface area contributed by atoms with Crippen molar-refractivity contribution in [3.05, 3.63) is 27.8 Å². The molecule has 8 nitrogen and oxygen atoms in total. The number of nitrogens with one attached hydrogen (secondary N) is 1. The maximum Gasteiger partial charge on any atom is 0.342 e. The monoisotopic (exact) mass is 352 g/mol. The maximum absolute atomic E-state index is 11.3. The molecule has 0 aromatic heterocycles. The number of rotatable bonds is 10. The summed E-state index contributed by atoms with van der Waals surface area (Å²) < 4.78 is 5.74. The van der Waals surface area contributed by atoms with Gasteiger partial charge in [0, 0.05) is 6.92 Å². The van der Waals surface area contributed by atoms with Crippen molar-refractivity contribution in [2.24, 2.45) is 0 Å². The molecule has 0 fully saturated rings. The third-order valence-electron chi connectivity index (χ3n) is 3.63. The average Bonchev–Trinajstić information content (AvgIpc) is 2.51. The number of amides is 1. The molecule has 0 saturated heterocycles. The summed E-state index contributed by atoms with van der Waals surface area (Å²) >= 11 is 0. The molecule has 0 spiro atoms. The minimum absolute atomic E-state index is 0.0925. The third kappa shape index (κ3) is 6.40. The Morgan fingerprint density at radius 2 is 2.00 bits per heavy atom. The number of anilines is 1. The van der Waals surface area contributed by atoms with Gasteiger partial charge in [0.05, 0.1) is 22.8 Å². The molecule has 1 rings (SSSR count). The van der Waals surface area contributed by atoms with Crippen LogP contribution in [0.15, 0.2) is 12.1 Å². The fourth-order valence-corrected chi connectivity index (χ4v) is 2.41. The minimum atomic E-state index is -1.45. The number of benzene rings is 1. The molecule has 0 aliphatic rings. The van der Waals surface area contributed by atoms with Crippen LogP contribution < -0.4 is 10.1 Å². The summed E-state index contributed by atoms with van der Waals surface area (Å²) in [7, 11) is 0. The summed E-state index contributed by atoms with van der Waals surface area (Å²) in [6, 6.07) is 2.11. The fraction of sp³-hybridized carbons (Fsp3) is 0.529. The molecule has 2 N–H and O–H groups in total. The standard InChI is InChI=1S/C17H24N2O6/c1-4-5-6-7-8-11(2)25-16-10-15(19(23)24)13(17(21)22)9-14(16)18-12(3)20/h9-11H,4-8H2,1-3H3,(H,18,20)(H,21,22)/t11-/m1/s1. The molecule has 0 heterocycles. The zero-order valence-corrected chi connectivity index (χ0v) is 14.7. The first kappa shape index (κ1) is 20.4. The highest BCUT2D eigenvalue weighted by Crippen LogP contribution is 2.34. The SMILES string of the molecule is CCCCCC[C@@H](C)Oc1cc([N+](=O)[O-])c(C(=O)O)cc1NC(C)=O. The first-order valence-electron chi connectivity index (χ1n) is 8.26. The Balaban J connectivity index is 3.09. The van der Waals surface area contributed by atoms with E-state index in [1.165, 1.54) is 6.92 Å². The second-order valence-corrected chi connectivity index (χ2v) is 5.89. The summed E-state index contributed by atoms with van der Waals surface area (Å²) in [6.07, 6.45) is 4.81. The summed E-state index contributed by atoms with van der Waals surface area (Å²) in [5.74, 6) is -1.78. The van der Waals surface area contributed by atoms with Crippen LogP contribution in [0.25, 0.3) is 0 Å². The van der Waals surface area contributed by atoms with Crippen molar-refractivity contribution in [1.82, 2.24) is 0 Å². The van der Waals surface area contributed by atoms with Crippen LogP contribution in [0.3, 0.4) is 0 Å². The van der Waals surface area contributed by atoms with Crippen molar-refractivity contribution >= 4 is 23.3 Å². The molecule has 138 valence electrons. The molecule has 0 aliphatic heterocycles. The highest BCUT2D eigenvalue weighted by molar-refractivity contribution is 5.97. The van der Waals surface area contributed by atoms with Crippen LogP contribution in [0.2, 0.25) is 0 Å². The van der Waals surface area contributed by atoms with Crippen LogP contribution in [0.5, 0.6) is 5.75 Å². The van der Waals surface area contributed by atoms with Gasteiger partial charge >= 0.3 is 5.97 Å². The number of carboxylic acid groups (broad SMARTS) is 1. The first-order valence-corrected chi connectivity index (χ1v) is 8.26. The summed E-state index contributed by atoms with van der Waals surface area (Å²) in [5, 5.41) is 22.8. The Labute approximate surface area is 146 Å². The predicted octanol–water partition coefficient (Wildman–Crippen LogP) is 3.99. The summed E-state index contributed by atoms with van der Waals surface area (Å²) in [4.78, 5) is 33.0. The van der Waals surface area contributed by atoms with Gasteiger partial charge in [-0.1, -0.05) is 26.2 Å². The van der Waals surface area contributed by atoms with Gasteiger partial charge in [0.1, 0.15) is 11.3 Å². The molecule has 0 aliphatic carbocycles. The van der Waals surface area contributed by atoms with Gasteiger partial charge in [0.2, 0.25) is 5.91 Å². The lowest BCUT2D eigenvalue weighted by atomic mass is 10.1. The van der Waals surface area contributed by atoms with Crippen LogP contribution in [0.4, 0.5) is 11.4 Å². The molecule has 1 amide bonds. The van der Waals surface area contributed by atoms with Crippen molar-refractivity contribution in [2.45, 2.75) is 59.0 Å². The number of aromatic carboxylic acids is 1. The van der Waals surface area contributed by atoms with E-state index in [0.717, 1.165) is 44.2 Å². The second kappa shape index (κ2) is 9.61. The largest absolute Gasteiger partial charge is 0.488 e. The lowest BCUT2D eigenvalue weighted by molar-refractivity contribution is -0.385.